The van der Waals surface area contributed by atoms with Crippen molar-refractivity contribution in [1.82, 2.24) is 0 Å². The van der Waals surface area contributed by atoms with Gasteiger partial charge in [0.15, 0.2) is 0 Å². The van der Waals surface area contributed by atoms with Crippen LogP contribution in [0.2, 0.25) is 0 Å². The second kappa shape index (κ2) is 9.32. The van der Waals surface area contributed by atoms with Gasteiger partial charge in [-0.1, -0.05) is 27.7 Å². The lowest BCUT2D eigenvalue weighted by atomic mass is 9.84. The van der Waals surface area contributed by atoms with Gasteiger partial charge >= 0.3 is 12.3 Å². The molecule has 0 aliphatic carbocycles. The van der Waals surface area contributed by atoms with E-state index in [4.69, 9.17) is 14.2 Å². The minimum atomic E-state index is -0.250. The molecule has 0 spiro atoms. The average Bonchev–Trinajstić information content (AvgIpc) is 2.23. The van der Waals surface area contributed by atoms with Crippen LogP contribution in [0.25, 0.3) is 0 Å². The Labute approximate surface area is 117 Å². The van der Waals surface area contributed by atoms with Gasteiger partial charge in [-0.15, -0.1) is 0 Å². The van der Waals surface area contributed by atoms with Gasteiger partial charge in [0.2, 0.25) is 0 Å². The molecule has 1 atom stereocenters. The molecule has 4 heteroatoms. The van der Waals surface area contributed by atoms with Gasteiger partial charge in [-0.3, -0.25) is 4.79 Å². The fourth-order valence-electron chi connectivity index (χ4n) is 2.02. The van der Waals surface area contributed by atoms with Crippen LogP contribution < -0.4 is 0 Å². The van der Waals surface area contributed by atoms with Crippen molar-refractivity contribution >= 4 is 5.97 Å². The van der Waals surface area contributed by atoms with Crippen molar-refractivity contribution in [3.63, 3.8) is 0 Å². The molecule has 0 amide bonds. The van der Waals surface area contributed by atoms with E-state index in [1.807, 2.05) is 13.8 Å². The van der Waals surface area contributed by atoms with E-state index in [1.165, 1.54) is 0 Å². The second-order valence-electron chi connectivity index (χ2n) is 5.99. The van der Waals surface area contributed by atoms with Crippen molar-refractivity contribution in [2.75, 3.05) is 19.8 Å². The Balaban J connectivity index is 4.10. The Hall–Kier alpha value is -0.610. The van der Waals surface area contributed by atoms with Crippen molar-refractivity contribution < 1.29 is 19.0 Å². The summed E-state index contributed by atoms with van der Waals surface area (Å²) in [5.41, 5.74) is 0.220. The fourth-order valence-corrected chi connectivity index (χ4v) is 2.02. The van der Waals surface area contributed by atoms with E-state index < -0.39 is 0 Å². The first kappa shape index (κ1) is 18.4. The summed E-state index contributed by atoms with van der Waals surface area (Å²) in [6, 6.07) is 0. The lowest BCUT2D eigenvalue weighted by molar-refractivity contribution is -0.159. The SMILES string of the molecule is CCOC[C](OCC)OC(=O)CC(C)CC(C)(C)C. The molecule has 113 valence electrons. The van der Waals surface area contributed by atoms with Gasteiger partial charge in [0.05, 0.1) is 0 Å². The van der Waals surface area contributed by atoms with Gasteiger partial charge in [0.1, 0.15) is 6.61 Å². The lowest BCUT2D eigenvalue weighted by Crippen LogP contribution is -2.21. The number of hydrogen-bond donors (Lipinski definition) is 0. The first-order chi connectivity index (χ1) is 8.78. The Morgan fingerprint density at radius 2 is 1.79 bits per heavy atom. The molecule has 0 aromatic rings. The maximum Gasteiger partial charge on any atom is 0.308 e. The monoisotopic (exact) mass is 273 g/mol. The van der Waals surface area contributed by atoms with Crippen LogP contribution in [0.1, 0.15) is 54.4 Å². The Kier molecular flexibility index (Phi) is 9.02. The zero-order valence-electron chi connectivity index (χ0n) is 13.2. The summed E-state index contributed by atoms with van der Waals surface area (Å²) in [6.45, 7) is 13.5. The first-order valence-electron chi connectivity index (χ1n) is 7.05. The highest BCUT2D eigenvalue weighted by atomic mass is 16.7. The van der Waals surface area contributed by atoms with Gasteiger partial charge in [-0.05, 0) is 31.6 Å². The van der Waals surface area contributed by atoms with Crippen LogP contribution >= 0.6 is 0 Å². The molecule has 0 aliphatic heterocycles. The number of ether oxygens (including phenoxy) is 3. The first-order valence-corrected chi connectivity index (χ1v) is 7.05. The van der Waals surface area contributed by atoms with E-state index in [2.05, 4.69) is 27.7 Å². The van der Waals surface area contributed by atoms with Crippen LogP contribution in [0.15, 0.2) is 0 Å². The van der Waals surface area contributed by atoms with Gasteiger partial charge < -0.3 is 14.2 Å². The van der Waals surface area contributed by atoms with E-state index in [0.29, 0.717) is 25.6 Å². The summed E-state index contributed by atoms with van der Waals surface area (Å²) >= 11 is 0. The lowest BCUT2D eigenvalue weighted by Gasteiger charge is -2.23. The normalized spacial score (nSPS) is 13.6. The Bertz CT molecular complexity index is 245. The van der Waals surface area contributed by atoms with Crippen LogP contribution in [-0.2, 0) is 19.0 Å². The third kappa shape index (κ3) is 11.0. The molecule has 1 radical (unpaired) electrons. The molecule has 0 rings (SSSR count). The summed E-state index contributed by atoms with van der Waals surface area (Å²) in [6.07, 6.45) is 1.65. The number of hydrogen-bond acceptors (Lipinski definition) is 4. The summed E-state index contributed by atoms with van der Waals surface area (Å²) in [7, 11) is 0. The van der Waals surface area contributed by atoms with Crippen molar-refractivity contribution in [2.45, 2.75) is 54.4 Å². The molecular formula is C15H29O4. The molecule has 0 fully saturated rings. The Morgan fingerprint density at radius 1 is 1.16 bits per heavy atom. The van der Waals surface area contributed by atoms with Crippen molar-refractivity contribution in [3.8, 4) is 0 Å². The summed E-state index contributed by atoms with van der Waals surface area (Å²) in [4.78, 5) is 11.8. The zero-order chi connectivity index (χ0) is 14.9. The van der Waals surface area contributed by atoms with Gasteiger partial charge in [0, 0.05) is 19.6 Å². The smallest absolute Gasteiger partial charge is 0.308 e. The highest BCUT2D eigenvalue weighted by Crippen LogP contribution is 2.26. The van der Waals surface area contributed by atoms with Crippen molar-refractivity contribution in [3.05, 3.63) is 6.29 Å². The molecule has 0 saturated carbocycles. The quantitative estimate of drug-likeness (QED) is 0.603. The topological polar surface area (TPSA) is 44.8 Å². The molecule has 1 unspecified atom stereocenters. The number of carbonyl (C=O) groups excluding carboxylic acids is 1. The minimum Gasteiger partial charge on any atom is -0.423 e. The largest absolute Gasteiger partial charge is 0.423 e. The second-order valence-corrected chi connectivity index (χ2v) is 5.99. The minimum absolute atomic E-state index is 0.212. The third-order valence-corrected chi connectivity index (χ3v) is 2.43. The van der Waals surface area contributed by atoms with Crippen LogP contribution in [0.5, 0.6) is 0 Å². The van der Waals surface area contributed by atoms with E-state index in [9.17, 15) is 4.79 Å². The van der Waals surface area contributed by atoms with Crippen LogP contribution in [0.4, 0.5) is 0 Å². The maximum absolute atomic E-state index is 11.8. The highest BCUT2D eigenvalue weighted by molar-refractivity contribution is 5.70. The summed E-state index contributed by atoms with van der Waals surface area (Å²) < 4.78 is 15.6. The van der Waals surface area contributed by atoms with Crippen molar-refractivity contribution in [1.29, 1.82) is 0 Å². The molecule has 0 aromatic heterocycles. The van der Waals surface area contributed by atoms with Crippen LogP contribution in [0, 0.1) is 17.6 Å². The van der Waals surface area contributed by atoms with E-state index >= 15 is 0 Å². The summed E-state index contributed by atoms with van der Waals surface area (Å²) in [5.74, 6) is 0.0439. The van der Waals surface area contributed by atoms with Gasteiger partial charge in [-0.2, -0.15) is 0 Å². The van der Waals surface area contributed by atoms with E-state index in [0.717, 1.165) is 6.42 Å². The molecule has 4 nitrogen and oxygen atoms in total. The average molecular weight is 273 g/mol. The zero-order valence-corrected chi connectivity index (χ0v) is 13.2. The molecule has 19 heavy (non-hydrogen) atoms. The molecule has 0 N–H and O–H groups in total. The fraction of sp³-hybridized carbons (Fsp3) is 0.867. The molecule has 0 bridgehead atoms. The van der Waals surface area contributed by atoms with Gasteiger partial charge in [-0.25, -0.2) is 0 Å². The highest BCUT2D eigenvalue weighted by Gasteiger charge is 2.22. The molecule has 0 heterocycles. The van der Waals surface area contributed by atoms with Gasteiger partial charge in [0.25, 0.3) is 0 Å². The van der Waals surface area contributed by atoms with E-state index in [1.54, 1.807) is 0 Å². The van der Waals surface area contributed by atoms with Crippen LogP contribution in [-0.4, -0.2) is 25.8 Å². The third-order valence-electron chi connectivity index (χ3n) is 2.43. The van der Waals surface area contributed by atoms with Crippen LogP contribution in [0.3, 0.4) is 0 Å². The number of carbonyl (C=O) groups is 1. The van der Waals surface area contributed by atoms with Crippen molar-refractivity contribution in [2.24, 2.45) is 11.3 Å². The standard InChI is InChI=1S/C15H29O4/c1-7-17-11-14(18-8-2)19-13(16)9-12(3)10-15(4,5)6/h12H,7-11H2,1-6H3. The Morgan fingerprint density at radius 3 is 2.26 bits per heavy atom. The number of esters is 1. The van der Waals surface area contributed by atoms with E-state index in [-0.39, 0.29) is 24.3 Å². The molecule has 0 aromatic carbocycles. The maximum atomic E-state index is 11.8. The summed E-state index contributed by atoms with van der Waals surface area (Å²) in [5, 5.41) is 0. The number of rotatable bonds is 9. The predicted octanol–water partition coefficient (Wildman–Crippen LogP) is 3.55. The molecular weight excluding hydrogens is 244 g/mol. The molecule has 0 aliphatic rings. The predicted molar refractivity (Wildman–Crippen MR) is 75.3 cm³/mol. The molecule has 0 saturated heterocycles.